The first-order valence-electron chi connectivity index (χ1n) is 7.06. The van der Waals surface area contributed by atoms with Crippen molar-refractivity contribution in [3.05, 3.63) is 0 Å². The second-order valence-electron chi connectivity index (χ2n) is 5.93. The van der Waals surface area contributed by atoms with Gasteiger partial charge in [-0.05, 0) is 40.0 Å². The van der Waals surface area contributed by atoms with Crippen LogP contribution in [0.4, 0.5) is 4.79 Å². The van der Waals surface area contributed by atoms with E-state index >= 15 is 0 Å². The number of unbranched alkanes of at least 4 members (excludes halogenated alkanes) is 1. The summed E-state index contributed by atoms with van der Waals surface area (Å²) < 4.78 is 5.31. The number of nitrogens with one attached hydrogen (secondary N) is 1. The lowest BCUT2D eigenvalue weighted by Gasteiger charge is -2.28. The van der Waals surface area contributed by atoms with E-state index in [1.165, 1.54) is 4.90 Å². The minimum Gasteiger partial charge on any atom is -0.444 e. The second-order valence-corrected chi connectivity index (χ2v) is 5.93. The van der Waals surface area contributed by atoms with Crippen LogP contribution in [0.25, 0.3) is 0 Å². The van der Waals surface area contributed by atoms with Gasteiger partial charge in [-0.15, -0.1) is 0 Å². The van der Waals surface area contributed by atoms with Crippen LogP contribution >= 0.6 is 0 Å². The van der Waals surface area contributed by atoms with Gasteiger partial charge in [-0.3, -0.25) is 9.69 Å². The quantitative estimate of drug-likeness (QED) is 0.613. The van der Waals surface area contributed by atoms with E-state index in [0.29, 0.717) is 32.4 Å². The molecule has 0 aromatic carbocycles. The molecular formula is C14H24N2O4. The van der Waals surface area contributed by atoms with Gasteiger partial charge in [-0.2, -0.15) is 0 Å². The fraction of sp³-hybridized carbons (Fsp3) is 0.786. The Bertz CT molecular complexity index is 363. The molecular weight excluding hydrogens is 260 g/mol. The molecule has 1 rings (SSSR count). The third kappa shape index (κ3) is 5.19. The summed E-state index contributed by atoms with van der Waals surface area (Å²) in [5.41, 5.74) is -0.565. The molecule has 20 heavy (non-hydrogen) atoms. The number of carbonyl (C=O) groups excluding carboxylic acids is 3. The highest BCUT2D eigenvalue weighted by Crippen LogP contribution is 2.20. The van der Waals surface area contributed by atoms with Gasteiger partial charge < -0.3 is 14.8 Å². The standard InChI is InChI=1S/C14H24N2O4/c1-14(2,3)20-13(19)16-9-6-7-11(16)12(18)15-8-4-5-10-17/h10-11H,4-9H2,1-3H3,(H,15,18)/t11-/m0/s1. The van der Waals surface area contributed by atoms with E-state index in [9.17, 15) is 14.4 Å². The lowest BCUT2D eigenvalue weighted by molar-refractivity contribution is -0.125. The van der Waals surface area contributed by atoms with Crippen LogP contribution in [0.5, 0.6) is 0 Å². The Balaban J connectivity index is 2.49. The fourth-order valence-corrected chi connectivity index (χ4v) is 2.09. The molecule has 0 aromatic rings. The number of nitrogens with zero attached hydrogens (tertiary/aromatic N) is 1. The van der Waals surface area contributed by atoms with Crippen molar-refractivity contribution in [3.8, 4) is 0 Å². The van der Waals surface area contributed by atoms with Crippen molar-refractivity contribution < 1.29 is 19.1 Å². The van der Waals surface area contributed by atoms with Crippen LogP contribution in [0.2, 0.25) is 0 Å². The molecule has 0 saturated carbocycles. The fourth-order valence-electron chi connectivity index (χ4n) is 2.09. The Kier molecular flexibility index (Phi) is 5.98. The van der Waals surface area contributed by atoms with Gasteiger partial charge in [0.1, 0.15) is 17.9 Å². The van der Waals surface area contributed by atoms with E-state index in [-0.39, 0.29) is 5.91 Å². The number of hydrogen-bond acceptors (Lipinski definition) is 4. The molecule has 0 bridgehead atoms. The summed E-state index contributed by atoms with van der Waals surface area (Å²) in [4.78, 5) is 35.8. The number of ether oxygens (including phenoxy) is 1. The van der Waals surface area contributed by atoms with E-state index < -0.39 is 17.7 Å². The van der Waals surface area contributed by atoms with Crippen LogP contribution < -0.4 is 5.32 Å². The van der Waals surface area contributed by atoms with E-state index in [2.05, 4.69) is 5.32 Å². The van der Waals surface area contributed by atoms with Gasteiger partial charge in [0, 0.05) is 19.5 Å². The van der Waals surface area contributed by atoms with Crippen molar-refractivity contribution in [1.82, 2.24) is 10.2 Å². The lowest BCUT2D eigenvalue weighted by Crippen LogP contribution is -2.47. The number of carbonyl (C=O) groups is 3. The number of likely N-dealkylation sites (tertiary alicyclic amines) is 1. The maximum atomic E-state index is 12.0. The Hall–Kier alpha value is -1.59. The Labute approximate surface area is 119 Å². The first-order valence-corrected chi connectivity index (χ1v) is 7.06. The molecule has 6 heteroatoms. The van der Waals surface area contributed by atoms with Crippen molar-refractivity contribution in [2.45, 2.75) is 58.1 Å². The molecule has 1 atom stereocenters. The number of amides is 2. The van der Waals surface area contributed by atoms with Crippen molar-refractivity contribution in [1.29, 1.82) is 0 Å². The second kappa shape index (κ2) is 7.26. The van der Waals surface area contributed by atoms with E-state index in [4.69, 9.17) is 4.74 Å². The molecule has 0 aromatic heterocycles. The summed E-state index contributed by atoms with van der Waals surface area (Å²) in [7, 11) is 0. The zero-order valence-corrected chi connectivity index (χ0v) is 12.5. The van der Waals surface area contributed by atoms with Gasteiger partial charge >= 0.3 is 6.09 Å². The molecule has 0 aliphatic carbocycles. The third-order valence-corrected chi connectivity index (χ3v) is 2.98. The third-order valence-electron chi connectivity index (χ3n) is 2.98. The van der Waals surface area contributed by atoms with Gasteiger partial charge in [0.05, 0.1) is 0 Å². The van der Waals surface area contributed by atoms with E-state index in [1.807, 2.05) is 0 Å². The Morgan fingerprint density at radius 2 is 2.10 bits per heavy atom. The van der Waals surface area contributed by atoms with Crippen LogP contribution in [0.15, 0.2) is 0 Å². The van der Waals surface area contributed by atoms with Gasteiger partial charge in [0.15, 0.2) is 0 Å². The van der Waals surface area contributed by atoms with Crippen LogP contribution in [0.1, 0.15) is 46.5 Å². The minimum atomic E-state index is -0.565. The minimum absolute atomic E-state index is 0.167. The lowest BCUT2D eigenvalue weighted by atomic mass is 10.2. The molecule has 114 valence electrons. The van der Waals surface area contributed by atoms with Gasteiger partial charge in [-0.25, -0.2) is 4.79 Å². The zero-order chi connectivity index (χ0) is 15.2. The maximum Gasteiger partial charge on any atom is 0.410 e. The van der Waals surface area contributed by atoms with Gasteiger partial charge in [0.25, 0.3) is 0 Å². The van der Waals surface area contributed by atoms with E-state index in [1.54, 1.807) is 20.8 Å². The summed E-state index contributed by atoms with van der Waals surface area (Å²) in [6.45, 7) is 6.40. The van der Waals surface area contributed by atoms with Crippen molar-refractivity contribution in [2.24, 2.45) is 0 Å². The first-order chi connectivity index (χ1) is 9.35. The van der Waals surface area contributed by atoms with Crippen LogP contribution in [0.3, 0.4) is 0 Å². The molecule has 6 nitrogen and oxygen atoms in total. The molecule has 0 radical (unpaired) electrons. The average Bonchev–Trinajstić information content (AvgIpc) is 2.81. The monoisotopic (exact) mass is 284 g/mol. The normalized spacial score (nSPS) is 18.8. The SMILES string of the molecule is CC(C)(C)OC(=O)N1CCC[C@H]1C(=O)NCCCC=O. The van der Waals surface area contributed by atoms with Crippen molar-refractivity contribution in [2.75, 3.05) is 13.1 Å². The summed E-state index contributed by atoms with van der Waals surface area (Å²) in [5.74, 6) is -0.167. The summed E-state index contributed by atoms with van der Waals surface area (Å²) in [6, 6.07) is -0.457. The smallest absolute Gasteiger partial charge is 0.410 e. The van der Waals surface area contributed by atoms with Crippen molar-refractivity contribution >= 4 is 18.3 Å². The first kappa shape index (κ1) is 16.5. The molecule has 1 heterocycles. The number of hydrogen-bond donors (Lipinski definition) is 1. The molecule has 1 saturated heterocycles. The van der Waals surface area contributed by atoms with Crippen LogP contribution in [-0.2, 0) is 14.3 Å². The van der Waals surface area contributed by atoms with Crippen molar-refractivity contribution in [3.63, 3.8) is 0 Å². The largest absolute Gasteiger partial charge is 0.444 e. The Morgan fingerprint density at radius 3 is 2.70 bits per heavy atom. The summed E-state index contributed by atoms with van der Waals surface area (Å²) in [6.07, 6.45) is 2.89. The predicted octanol–water partition coefficient (Wildman–Crippen LogP) is 1.48. The van der Waals surface area contributed by atoms with E-state index in [0.717, 1.165) is 12.7 Å². The van der Waals surface area contributed by atoms with Crippen LogP contribution in [0, 0.1) is 0 Å². The van der Waals surface area contributed by atoms with Gasteiger partial charge in [0.2, 0.25) is 5.91 Å². The highest BCUT2D eigenvalue weighted by atomic mass is 16.6. The summed E-state index contributed by atoms with van der Waals surface area (Å²) >= 11 is 0. The highest BCUT2D eigenvalue weighted by Gasteiger charge is 2.36. The molecule has 1 fully saturated rings. The predicted molar refractivity (Wildman–Crippen MR) is 74.3 cm³/mol. The zero-order valence-electron chi connectivity index (χ0n) is 12.5. The number of rotatable bonds is 5. The summed E-state index contributed by atoms with van der Waals surface area (Å²) in [5, 5.41) is 2.76. The molecule has 1 N–H and O–H groups in total. The molecule has 2 amide bonds. The van der Waals surface area contributed by atoms with Crippen LogP contribution in [-0.4, -0.2) is 47.9 Å². The topological polar surface area (TPSA) is 75.7 Å². The molecule has 1 aliphatic heterocycles. The molecule has 0 spiro atoms. The molecule has 1 aliphatic rings. The average molecular weight is 284 g/mol. The highest BCUT2D eigenvalue weighted by molar-refractivity contribution is 5.86. The molecule has 0 unspecified atom stereocenters. The maximum absolute atomic E-state index is 12.0. The number of aldehydes is 1. The Morgan fingerprint density at radius 1 is 1.40 bits per heavy atom. The van der Waals surface area contributed by atoms with Gasteiger partial charge in [-0.1, -0.05) is 0 Å².